The van der Waals surface area contributed by atoms with E-state index in [9.17, 15) is 0 Å². The van der Waals surface area contributed by atoms with E-state index in [2.05, 4.69) is 20.7 Å². The topological polar surface area (TPSA) is 53.6 Å². The highest BCUT2D eigenvalue weighted by Crippen LogP contribution is 2.19. The number of aromatic amines is 1. The lowest BCUT2D eigenvalue weighted by Gasteiger charge is -2.05. The number of rotatable bonds is 2. The van der Waals surface area contributed by atoms with Gasteiger partial charge in [-0.15, -0.1) is 0 Å². The maximum absolute atomic E-state index is 4.04. The van der Waals surface area contributed by atoms with Crippen molar-refractivity contribution in [1.29, 1.82) is 0 Å². The first-order chi connectivity index (χ1) is 8.92. The average molecular weight is 240 g/mol. The Bertz CT molecular complexity index is 601. The summed E-state index contributed by atoms with van der Waals surface area (Å²) in [6.45, 7) is 4.00. The normalized spacial score (nSPS) is 9.67. The fourth-order valence-corrected chi connectivity index (χ4v) is 1.61. The number of hydrogen-bond donors (Lipinski definition) is 2. The zero-order chi connectivity index (χ0) is 12.8. The quantitative estimate of drug-likeness (QED) is 0.717. The standard InChI is InChI=1S/C12H10N4.C2H6/c1-2-4-9(5-3-1)13-10-6-7-11-12(8-10)15-16-14-11;1-2/h1-8,13H,(H,14,15,16);1-2H3. The molecule has 0 bridgehead atoms. The fraction of sp³-hybridized carbons (Fsp3) is 0.143. The Balaban J connectivity index is 0.000000574. The molecule has 92 valence electrons. The lowest BCUT2D eigenvalue weighted by atomic mass is 10.2. The molecule has 1 aromatic heterocycles. The van der Waals surface area contributed by atoms with Crippen LogP contribution in [0.4, 0.5) is 11.4 Å². The van der Waals surface area contributed by atoms with Crippen LogP contribution in [0.2, 0.25) is 0 Å². The lowest BCUT2D eigenvalue weighted by Crippen LogP contribution is -1.89. The molecule has 2 aromatic carbocycles. The minimum atomic E-state index is 0.862. The van der Waals surface area contributed by atoms with Crippen LogP contribution in [0.15, 0.2) is 48.5 Å². The highest BCUT2D eigenvalue weighted by Gasteiger charge is 1.99. The number of anilines is 2. The van der Waals surface area contributed by atoms with Gasteiger partial charge in [0.05, 0.1) is 0 Å². The zero-order valence-corrected chi connectivity index (χ0v) is 10.5. The summed E-state index contributed by atoms with van der Waals surface area (Å²) >= 11 is 0. The number of para-hydroxylation sites is 1. The predicted octanol–water partition coefficient (Wildman–Crippen LogP) is 3.73. The van der Waals surface area contributed by atoms with Gasteiger partial charge in [-0.2, -0.15) is 15.4 Å². The third-order valence-electron chi connectivity index (χ3n) is 2.38. The Hall–Kier alpha value is -2.36. The fourth-order valence-electron chi connectivity index (χ4n) is 1.61. The Kier molecular flexibility index (Phi) is 3.91. The van der Waals surface area contributed by atoms with Gasteiger partial charge < -0.3 is 5.32 Å². The molecule has 0 fully saturated rings. The maximum Gasteiger partial charge on any atom is 0.115 e. The number of aromatic nitrogens is 3. The molecule has 0 unspecified atom stereocenters. The Labute approximate surface area is 106 Å². The van der Waals surface area contributed by atoms with Gasteiger partial charge >= 0.3 is 0 Å². The van der Waals surface area contributed by atoms with Gasteiger partial charge in [-0.1, -0.05) is 32.0 Å². The van der Waals surface area contributed by atoms with Crippen LogP contribution in [0.25, 0.3) is 11.0 Å². The summed E-state index contributed by atoms with van der Waals surface area (Å²) in [5, 5.41) is 14.0. The summed E-state index contributed by atoms with van der Waals surface area (Å²) in [5.74, 6) is 0. The van der Waals surface area contributed by atoms with Gasteiger partial charge in [0.1, 0.15) is 11.0 Å². The number of fused-ring (bicyclic) bond motifs is 1. The smallest absolute Gasteiger partial charge is 0.115 e. The molecule has 3 aromatic rings. The third-order valence-corrected chi connectivity index (χ3v) is 2.38. The summed E-state index contributed by atoms with van der Waals surface area (Å²) in [5.41, 5.74) is 3.80. The van der Waals surface area contributed by atoms with Crippen molar-refractivity contribution in [3.05, 3.63) is 48.5 Å². The number of hydrogen-bond acceptors (Lipinski definition) is 3. The molecule has 4 nitrogen and oxygen atoms in total. The van der Waals surface area contributed by atoms with Crippen molar-refractivity contribution in [3.63, 3.8) is 0 Å². The minimum Gasteiger partial charge on any atom is -0.355 e. The summed E-state index contributed by atoms with van der Waals surface area (Å²) < 4.78 is 0. The van der Waals surface area contributed by atoms with E-state index in [0.717, 1.165) is 22.4 Å². The SMILES string of the molecule is CC.c1ccc(Nc2ccc3n[nH]nc3c2)cc1. The average Bonchev–Trinajstić information content (AvgIpc) is 2.90. The molecular weight excluding hydrogens is 224 g/mol. The summed E-state index contributed by atoms with van der Waals surface area (Å²) in [6, 6.07) is 15.9. The van der Waals surface area contributed by atoms with Gasteiger partial charge in [-0.3, -0.25) is 0 Å². The van der Waals surface area contributed by atoms with Crippen LogP contribution in [-0.2, 0) is 0 Å². The molecule has 0 aliphatic rings. The van der Waals surface area contributed by atoms with Crippen LogP contribution >= 0.6 is 0 Å². The van der Waals surface area contributed by atoms with E-state index in [1.807, 2.05) is 62.4 Å². The highest BCUT2D eigenvalue weighted by molar-refractivity contribution is 5.79. The minimum absolute atomic E-state index is 0.862. The molecule has 0 amide bonds. The lowest BCUT2D eigenvalue weighted by molar-refractivity contribution is 0.959. The predicted molar refractivity (Wildman–Crippen MR) is 75.0 cm³/mol. The molecule has 0 saturated heterocycles. The van der Waals surface area contributed by atoms with Crippen molar-refractivity contribution in [2.24, 2.45) is 0 Å². The van der Waals surface area contributed by atoms with Crippen molar-refractivity contribution < 1.29 is 0 Å². The van der Waals surface area contributed by atoms with E-state index < -0.39 is 0 Å². The molecule has 0 spiro atoms. The highest BCUT2D eigenvalue weighted by atomic mass is 15.3. The van der Waals surface area contributed by atoms with Crippen molar-refractivity contribution in [1.82, 2.24) is 15.4 Å². The van der Waals surface area contributed by atoms with Gasteiger partial charge in [0.15, 0.2) is 0 Å². The molecule has 1 heterocycles. The van der Waals surface area contributed by atoms with Crippen LogP contribution in [0.5, 0.6) is 0 Å². The molecule has 0 saturated carbocycles. The van der Waals surface area contributed by atoms with Crippen molar-refractivity contribution >= 4 is 22.4 Å². The molecule has 4 heteroatoms. The van der Waals surface area contributed by atoms with Crippen LogP contribution in [0.1, 0.15) is 13.8 Å². The maximum atomic E-state index is 4.04. The van der Waals surface area contributed by atoms with Gasteiger partial charge in [-0.25, -0.2) is 0 Å². The first kappa shape index (κ1) is 12.1. The molecule has 0 atom stereocenters. The van der Waals surface area contributed by atoms with Gasteiger partial charge in [-0.05, 0) is 30.3 Å². The van der Waals surface area contributed by atoms with Crippen molar-refractivity contribution in [3.8, 4) is 0 Å². The van der Waals surface area contributed by atoms with Gasteiger partial charge in [0, 0.05) is 11.4 Å². The van der Waals surface area contributed by atoms with E-state index in [-0.39, 0.29) is 0 Å². The van der Waals surface area contributed by atoms with E-state index >= 15 is 0 Å². The van der Waals surface area contributed by atoms with Crippen LogP contribution < -0.4 is 5.32 Å². The number of nitrogens with zero attached hydrogens (tertiary/aromatic N) is 2. The monoisotopic (exact) mass is 240 g/mol. The Morgan fingerprint density at radius 3 is 2.33 bits per heavy atom. The van der Waals surface area contributed by atoms with E-state index in [1.165, 1.54) is 0 Å². The van der Waals surface area contributed by atoms with Crippen LogP contribution in [-0.4, -0.2) is 15.4 Å². The zero-order valence-electron chi connectivity index (χ0n) is 10.5. The molecule has 0 radical (unpaired) electrons. The van der Waals surface area contributed by atoms with E-state index in [0.29, 0.717) is 0 Å². The number of benzene rings is 2. The van der Waals surface area contributed by atoms with Gasteiger partial charge in [0.25, 0.3) is 0 Å². The first-order valence-electron chi connectivity index (χ1n) is 6.04. The second kappa shape index (κ2) is 5.82. The molecule has 3 rings (SSSR count). The second-order valence-electron chi connectivity index (χ2n) is 3.52. The number of nitrogens with one attached hydrogen (secondary N) is 2. The molecule has 0 aliphatic carbocycles. The van der Waals surface area contributed by atoms with Crippen LogP contribution in [0, 0.1) is 0 Å². The second-order valence-corrected chi connectivity index (χ2v) is 3.52. The van der Waals surface area contributed by atoms with Crippen molar-refractivity contribution in [2.75, 3.05) is 5.32 Å². The summed E-state index contributed by atoms with van der Waals surface area (Å²) in [7, 11) is 0. The van der Waals surface area contributed by atoms with E-state index in [4.69, 9.17) is 0 Å². The van der Waals surface area contributed by atoms with Crippen molar-refractivity contribution in [2.45, 2.75) is 13.8 Å². The largest absolute Gasteiger partial charge is 0.355 e. The van der Waals surface area contributed by atoms with Gasteiger partial charge in [0.2, 0.25) is 0 Å². The molecule has 0 aliphatic heterocycles. The first-order valence-corrected chi connectivity index (χ1v) is 6.04. The van der Waals surface area contributed by atoms with E-state index in [1.54, 1.807) is 0 Å². The molecular formula is C14H16N4. The molecule has 18 heavy (non-hydrogen) atoms. The Morgan fingerprint density at radius 2 is 1.56 bits per heavy atom. The summed E-state index contributed by atoms with van der Waals surface area (Å²) in [6.07, 6.45) is 0. The third kappa shape index (κ3) is 2.66. The Morgan fingerprint density at radius 1 is 0.833 bits per heavy atom. The van der Waals surface area contributed by atoms with Crippen LogP contribution in [0.3, 0.4) is 0 Å². The number of H-pyrrole nitrogens is 1. The summed E-state index contributed by atoms with van der Waals surface area (Å²) in [4.78, 5) is 0. The molecule has 2 N–H and O–H groups in total.